The van der Waals surface area contributed by atoms with Crippen molar-refractivity contribution in [3.8, 4) is 0 Å². The average Bonchev–Trinajstić information content (AvgIpc) is 2.85. The van der Waals surface area contributed by atoms with Crippen LogP contribution in [0.5, 0.6) is 0 Å². The van der Waals surface area contributed by atoms with Gasteiger partial charge in [0.25, 0.3) is 0 Å². The topological polar surface area (TPSA) is 41.6 Å². The molecule has 1 aromatic rings. The number of hydrogen-bond donors (Lipinski definition) is 1. The summed E-state index contributed by atoms with van der Waals surface area (Å²) in [6, 6.07) is 8.37. The quantitative estimate of drug-likeness (QED) is 0.621. The number of nitrogens with one attached hydrogen (secondary N) is 1. The third kappa shape index (κ3) is 4.46. The van der Waals surface area contributed by atoms with Gasteiger partial charge in [-0.15, -0.1) is 11.8 Å². The Labute approximate surface area is 131 Å². The molecular formula is C16H24N2O2S. The highest BCUT2D eigenvalue weighted by Crippen LogP contribution is 2.24. The molecule has 0 aliphatic carbocycles. The van der Waals surface area contributed by atoms with E-state index in [0.29, 0.717) is 25.6 Å². The molecule has 1 unspecified atom stereocenters. The molecule has 1 aliphatic heterocycles. The minimum atomic E-state index is -0.0314. The number of nitrogens with zero attached hydrogens (tertiary/aromatic N) is 1. The van der Waals surface area contributed by atoms with Crippen molar-refractivity contribution < 1.29 is 9.53 Å². The fraction of sp³-hybridized carbons (Fsp3) is 0.562. The number of thioether (sulfide) groups is 1. The molecule has 1 amide bonds. The summed E-state index contributed by atoms with van der Waals surface area (Å²) in [5.41, 5.74) is 1.13. The van der Waals surface area contributed by atoms with Crippen molar-refractivity contribution in [2.24, 2.45) is 5.92 Å². The van der Waals surface area contributed by atoms with E-state index in [0.717, 1.165) is 12.2 Å². The first kappa shape index (κ1) is 16.3. The summed E-state index contributed by atoms with van der Waals surface area (Å²) < 4.78 is 5.60. The molecule has 0 aromatic heterocycles. The van der Waals surface area contributed by atoms with Gasteiger partial charge in [-0.05, 0) is 29.9 Å². The second kappa shape index (κ2) is 7.82. The Morgan fingerprint density at radius 3 is 2.71 bits per heavy atom. The third-order valence-corrected chi connectivity index (χ3v) is 4.18. The summed E-state index contributed by atoms with van der Waals surface area (Å²) in [5, 5.41) is 3.27. The van der Waals surface area contributed by atoms with Gasteiger partial charge in [0.1, 0.15) is 6.17 Å². The standard InChI is InChI=1S/C16H24N2O2S/c1-12(2)11-20-9-8-18-15(19)10-17-16(18)13-4-6-14(21-3)7-5-13/h4-7,12,16-17H,8-11H2,1-3H3. The lowest BCUT2D eigenvalue weighted by Gasteiger charge is -2.25. The lowest BCUT2D eigenvalue weighted by molar-refractivity contribution is -0.128. The van der Waals surface area contributed by atoms with Gasteiger partial charge in [-0.3, -0.25) is 10.1 Å². The Kier molecular flexibility index (Phi) is 6.08. The van der Waals surface area contributed by atoms with Crippen LogP contribution in [0.3, 0.4) is 0 Å². The molecule has 1 aromatic carbocycles. The maximum atomic E-state index is 12.0. The monoisotopic (exact) mass is 308 g/mol. The number of hydrogen-bond acceptors (Lipinski definition) is 4. The van der Waals surface area contributed by atoms with Gasteiger partial charge in [-0.1, -0.05) is 26.0 Å². The van der Waals surface area contributed by atoms with Crippen LogP contribution >= 0.6 is 11.8 Å². The molecule has 0 bridgehead atoms. The van der Waals surface area contributed by atoms with E-state index in [4.69, 9.17) is 4.74 Å². The van der Waals surface area contributed by atoms with Crippen LogP contribution in [-0.2, 0) is 9.53 Å². The molecule has 4 nitrogen and oxygen atoms in total. The number of amides is 1. The Morgan fingerprint density at radius 1 is 1.38 bits per heavy atom. The second-order valence-corrected chi connectivity index (χ2v) is 6.49. The largest absolute Gasteiger partial charge is 0.379 e. The molecule has 0 saturated carbocycles. The van der Waals surface area contributed by atoms with Crippen LogP contribution in [0, 0.1) is 5.92 Å². The number of carbonyl (C=O) groups excluding carboxylic acids is 1. The first-order chi connectivity index (χ1) is 10.1. The van der Waals surface area contributed by atoms with Gasteiger partial charge in [-0.25, -0.2) is 0 Å². The van der Waals surface area contributed by atoms with Gasteiger partial charge in [0.05, 0.1) is 13.2 Å². The smallest absolute Gasteiger partial charge is 0.238 e. The van der Waals surface area contributed by atoms with Crippen LogP contribution in [0.4, 0.5) is 0 Å². The van der Waals surface area contributed by atoms with E-state index in [9.17, 15) is 4.79 Å². The second-order valence-electron chi connectivity index (χ2n) is 5.61. The van der Waals surface area contributed by atoms with E-state index in [2.05, 4.69) is 49.7 Å². The van der Waals surface area contributed by atoms with Crippen molar-refractivity contribution in [2.75, 3.05) is 32.6 Å². The van der Waals surface area contributed by atoms with E-state index in [1.54, 1.807) is 11.8 Å². The number of carbonyl (C=O) groups is 1. The van der Waals surface area contributed by atoms with Crippen LogP contribution in [0.1, 0.15) is 25.6 Å². The predicted molar refractivity (Wildman–Crippen MR) is 86.3 cm³/mol. The number of rotatable bonds is 7. The average molecular weight is 308 g/mol. The van der Waals surface area contributed by atoms with Gasteiger partial charge in [0, 0.05) is 18.0 Å². The minimum Gasteiger partial charge on any atom is -0.379 e. The van der Waals surface area contributed by atoms with Gasteiger partial charge in [0.15, 0.2) is 0 Å². The van der Waals surface area contributed by atoms with Crippen LogP contribution < -0.4 is 5.32 Å². The molecule has 5 heteroatoms. The van der Waals surface area contributed by atoms with E-state index in [-0.39, 0.29) is 12.1 Å². The van der Waals surface area contributed by atoms with Crippen LogP contribution in [0.25, 0.3) is 0 Å². The SMILES string of the molecule is CSc1ccc(C2NCC(=O)N2CCOCC(C)C)cc1. The van der Waals surface area contributed by atoms with Crippen molar-refractivity contribution in [3.05, 3.63) is 29.8 Å². The number of benzene rings is 1. The Balaban J connectivity index is 1.95. The van der Waals surface area contributed by atoms with Crippen molar-refractivity contribution >= 4 is 17.7 Å². The molecule has 0 spiro atoms. The minimum absolute atomic E-state index is 0.0314. The zero-order valence-corrected chi connectivity index (χ0v) is 13.8. The van der Waals surface area contributed by atoms with Gasteiger partial charge in [0.2, 0.25) is 5.91 Å². The fourth-order valence-corrected chi connectivity index (χ4v) is 2.77. The van der Waals surface area contributed by atoms with Crippen molar-refractivity contribution in [1.82, 2.24) is 10.2 Å². The molecule has 1 fully saturated rings. The highest BCUT2D eigenvalue weighted by atomic mass is 32.2. The Hall–Kier alpha value is -1.04. The van der Waals surface area contributed by atoms with E-state index >= 15 is 0 Å². The summed E-state index contributed by atoms with van der Waals surface area (Å²) in [6.45, 7) is 6.61. The highest BCUT2D eigenvalue weighted by molar-refractivity contribution is 7.98. The summed E-state index contributed by atoms with van der Waals surface area (Å²) in [4.78, 5) is 15.1. The first-order valence-corrected chi connectivity index (χ1v) is 8.59. The van der Waals surface area contributed by atoms with Crippen molar-refractivity contribution in [3.63, 3.8) is 0 Å². The van der Waals surface area contributed by atoms with Gasteiger partial charge in [-0.2, -0.15) is 0 Å². The van der Waals surface area contributed by atoms with E-state index < -0.39 is 0 Å². The Morgan fingerprint density at radius 2 is 2.10 bits per heavy atom. The number of ether oxygens (including phenoxy) is 1. The molecule has 0 radical (unpaired) electrons. The van der Waals surface area contributed by atoms with Crippen LogP contribution in [-0.4, -0.2) is 43.4 Å². The summed E-state index contributed by atoms with van der Waals surface area (Å²) >= 11 is 1.72. The summed E-state index contributed by atoms with van der Waals surface area (Å²) in [5.74, 6) is 0.661. The molecule has 1 atom stereocenters. The van der Waals surface area contributed by atoms with Crippen molar-refractivity contribution in [2.45, 2.75) is 24.9 Å². The van der Waals surface area contributed by atoms with Crippen LogP contribution in [0.15, 0.2) is 29.2 Å². The Bertz CT molecular complexity index is 462. The zero-order valence-electron chi connectivity index (χ0n) is 13.0. The van der Waals surface area contributed by atoms with E-state index in [1.165, 1.54) is 4.90 Å². The predicted octanol–water partition coefficient (Wildman–Crippen LogP) is 2.51. The van der Waals surface area contributed by atoms with Gasteiger partial charge < -0.3 is 9.64 Å². The molecule has 1 heterocycles. The summed E-state index contributed by atoms with van der Waals surface area (Å²) in [6.07, 6.45) is 2.03. The molecule has 116 valence electrons. The van der Waals surface area contributed by atoms with E-state index in [1.807, 2.05) is 4.90 Å². The van der Waals surface area contributed by atoms with Crippen LogP contribution in [0.2, 0.25) is 0 Å². The highest BCUT2D eigenvalue weighted by Gasteiger charge is 2.31. The molecule has 21 heavy (non-hydrogen) atoms. The molecule has 1 N–H and O–H groups in total. The molecule has 1 aliphatic rings. The molecular weight excluding hydrogens is 284 g/mol. The summed E-state index contributed by atoms with van der Waals surface area (Å²) in [7, 11) is 0. The normalized spacial score (nSPS) is 18.8. The fourth-order valence-electron chi connectivity index (χ4n) is 2.36. The van der Waals surface area contributed by atoms with Crippen molar-refractivity contribution in [1.29, 1.82) is 0 Å². The lowest BCUT2D eigenvalue weighted by Crippen LogP contribution is -2.33. The van der Waals surface area contributed by atoms with Gasteiger partial charge >= 0.3 is 0 Å². The molecule has 2 rings (SSSR count). The first-order valence-electron chi connectivity index (χ1n) is 7.36. The maximum Gasteiger partial charge on any atom is 0.238 e. The zero-order chi connectivity index (χ0) is 15.2. The third-order valence-electron chi connectivity index (χ3n) is 3.44. The molecule has 1 saturated heterocycles. The lowest BCUT2D eigenvalue weighted by atomic mass is 10.1. The maximum absolute atomic E-state index is 12.0.